The van der Waals surface area contributed by atoms with Crippen molar-refractivity contribution in [2.45, 2.75) is 20.4 Å². The molecule has 0 aliphatic carbocycles. The van der Waals surface area contributed by atoms with Gasteiger partial charge >= 0.3 is 0 Å². The van der Waals surface area contributed by atoms with Crippen molar-refractivity contribution in [1.82, 2.24) is 4.98 Å². The monoisotopic (exact) mass is 267 g/mol. The van der Waals surface area contributed by atoms with E-state index in [0.29, 0.717) is 17.3 Å². The van der Waals surface area contributed by atoms with Crippen molar-refractivity contribution >= 4 is 34.3 Å². The van der Waals surface area contributed by atoms with E-state index in [-0.39, 0.29) is 0 Å². The zero-order chi connectivity index (χ0) is 12.4. The number of hydrogen-bond donors (Lipinski definition) is 2. The Bertz CT molecular complexity index is 537. The molecule has 90 valence electrons. The van der Waals surface area contributed by atoms with Crippen LogP contribution in [0.15, 0.2) is 17.5 Å². The number of anilines is 2. The van der Waals surface area contributed by atoms with E-state index in [1.54, 1.807) is 11.3 Å². The number of benzene rings is 1. The summed E-state index contributed by atoms with van der Waals surface area (Å²) in [4.78, 5) is 4.39. The Morgan fingerprint density at radius 2 is 2.18 bits per heavy atom. The van der Waals surface area contributed by atoms with Crippen LogP contribution in [0.5, 0.6) is 0 Å². The minimum absolute atomic E-state index is 0.576. The molecule has 1 aromatic heterocycles. The molecule has 0 atom stereocenters. The van der Waals surface area contributed by atoms with Gasteiger partial charge in [0.05, 0.1) is 28.0 Å². The van der Waals surface area contributed by atoms with Gasteiger partial charge in [-0.1, -0.05) is 11.6 Å². The largest absolute Gasteiger partial charge is 0.398 e. The first-order valence-electron chi connectivity index (χ1n) is 5.27. The molecule has 2 rings (SSSR count). The van der Waals surface area contributed by atoms with Gasteiger partial charge in [0, 0.05) is 11.1 Å². The smallest absolute Gasteiger partial charge is 0.0898 e. The Morgan fingerprint density at radius 3 is 2.82 bits per heavy atom. The highest BCUT2D eigenvalue weighted by Crippen LogP contribution is 2.27. The van der Waals surface area contributed by atoms with Gasteiger partial charge in [-0.05, 0) is 31.5 Å². The highest BCUT2D eigenvalue weighted by molar-refractivity contribution is 7.09. The molecule has 3 N–H and O–H groups in total. The molecule has 0 bridgehead atoms. The van der Waals surface area contributed by atoms with Crippen LogP contribution in [-0.2, 0) is 6.54 Å². The van der Waals surface area contributed by atoms with Crippen LogP contribution < -0.4 is 11.1 Å². The van der Waals surface area contributed by atoms with Crippen LogP contribution in [0, 0.1) is 13.8 Å². The van der Waals surface area contributed by atoms with E-state index >= 15 is 0 Å². The van der Waals surface area contributed by atoms with Crippen molar-refractivity contribution in [1.29, 1.82) is 0 Å². The van der Waals surface area contributed by atoms with Crippen molar-refractivity contribution in [2.75, 3.05) is 11.1 Å². The van der Waals surface area contributed by atoms with Crippen LogP contribution in [0.2, 0.25) is 5.02 Å². The molecule has 2 aromatic rings. The van der Waals surface area contributed by atoms with Gasteiger partial charge < -0.3 is 11.1 Å². The van der Waals surface area contributed by atoms with Crippen LogP contribution in [-0.4, -0.2) is 4.98 Å². The second-order valence-corrected chi connectivity index (χ2v) is 5.37. The molecule has 0 saturated heterocycles. The van der Waals surface area contributed by atoms with E-state index < -0.39 is 0 Å². The van der Waals surface area contributed by atoms with Crippen molar-refractivity contribution < 1.29 is 0 Å². The molecular formula is C12H14ClN3S. The molecule has 0 unspecified atom stereocenters. The molecule has 0 spiro atoms. The first-order valence-corrected chi connectivity index (χ1v) is 6.52. The molecule has 0 aliphatic heterocycles. The SMILES string of the molecule is Cc1nc(CNc2cc(Cl)c(N)cc2C)cs1. The van der Waals surface area contributed by atoms with E-state index in [1.165, 1.54) is 0 Å². The quantitative estimate of drug-likeness (QED) is 0.836. The minimum atomic E-state index is 0.576. The van der Waals surface area contributed by atoms with Gasteiger partial charge in [0.25, 0.3) is 0 Å². The summed E-state index contributed by atoms with van der Waals surface area (Å²) >= 11 is 7.65. The van der Waals surface area contributed by atoms with Crippen molar-refractivity contribution in [3.05, 3.63) is 38.8 Å². The number of hydrogen-bond acceptors (Lipinski definition) is 4. The van der Waals surface area contributed by atoms with E-state index in [2.05, 4.69) is 15.7 Å². The summed E-state index contributed by atoms with van der Waals surface area (Å²) in [5, 5.41) is 7.02. The predicted octanol–water partition coefficient (Wildman–Crippen LogP) is 3.61. The van der Waals surface area contributed by atoms with Crippen LogP contribution in [0.1, 0.15) is 16.3 Å². The van der Waals surface area contributed by atoms with Crippen molar-refractivity contribution in [2.24, 2.45) is 0 Å². The van der Waals surface area contributed by atoms with Crippen LogP contribution >= 0.6 is 22.9 Å². The van der Waals surface area contributed by atoms with Gasteiger partial charge in [-0.15, -0.1) is 11.3 Å². The number of thiazole rings is 1. The summed E-state index contributed by atoms with van der Waals surface area (Å²) in [6, 6.07) is 3.72. The highest BCUT2D eigenvalue weighted by atomic mass is 35.5. The summed E-state index contributed by atoms with van der Waals surface area (Å²) in [5.74, 6) is 0. The number of nitrogen functional groups attached to an aromatic ring is 1. The molecule has 3 nitrogen and oxygen atoms in total. The lowest BCUT2D eigenvalue weighted by atomic mass is 10.2. The number of nitrogens with zero attached hydrogens (tertiary/aromatic N) is 1. The zero-order valence-corrected chi connectivity index (χ0v) is 11.3. The fourth-order valence-electron chi connectivity index (χ4n) is 1.57. The molecule has 0 radical (unpaired) electrons. The van der Waals surface area contributed by atoms with Gasteiger partial charge in [-0.25, -0.2) is 4.98 Å². The van der Waals surface area contributed by atoms with Gasteiger partial charge in [0.15, 0.2) is 0 Å². The maximum atomic E-state index is 5.99. The number of aryl methyl sites for hydroxylation is 2. The first-order chi connectivity index (χ1) is 8.06. The second-order valence-electron chi connectivity index (χ2n) is 3.90. The number of nitrogens with two attached hydrogens (primary N) is 1. The molecule has 0 aliphatic rings. The lowest BCUT2D eigenvalue weighted by Gasteiger charge is -2.10. The number of halogens is 1. The third-order valence-corrected chi connectivity index (χ3v) is 3.62. The first kappa shape index (κ1) is 12.2. The topological polar surface area (TPSA) is 50.9 Å². The number of nitrogens with one attached hydrogen (secondary N) is 1. The van der Waals surface area contributed by atoms with Gasteiger partial charge in [0.2, 0.25) is 0 Å². The second kappa shape index (κ2) is 4.94. The summed E-state index contributed by atoms with van der Waals surface area (Å²) < 4.78 is 0. The average molecular weight is 268 g/mol. The molecule has 1 aromatic carbocycles. The Balaban J connectivity index is 2.11. The van der Waals surface area contributed by atoms with Crippen LogP contribution in [0.4, 0.5) is 11.4 Å². The Kier molecular flexibility index (Phi) is 3.54. The Morgan fingerprint density at radius 1 is 1.41 bits per heavy atom. The summed E-state index contributed by atoms with van der Waals surface area (Å²) in [5.41, 5.74) is 9.46. The Hall–Kier alpha value is -1.26. The number of rotatable bonds is 3. The molecule has 0 saturated carbocycles. The molecule has 0 amide bonds. The fourth-order valence-corrected chi connectivity index (χ4v) is 2.35. The van der Waals surface area contributed by atoms with Crippen LogP contribution in [0.3, 0.4) is 0 Å². The maximum absolute atomic E-state index is 5.99. The Labute approximate surface area is 110 Å². The summed E-state index contributed by atoms with van der Waals surface area (Å²) in [6.45, 7) is 4.70. The molecular weight excluding hydrogens is 254 g/mol. The van der Waals surface area contributed by atoms with Crippen molar-refractivity contribution in [3.63, 3.8) is 0 Å². The van der Waals surface area contributed by atoms with E-state index in [0.717, 1.165) is 22.0 Å². The van der Waals surface area contributed by atoms with E-state index in [4.69, 9.17) is 17.3 Å². The normalized spacial score (nSPS) is 10.5. The standard InChI is InChI=1S/C12H14ClN3S/c1-7-3-11(14)10(13)4-12(7)15-5-9-6-17-8(2)16-9/h3-4,6,15H,5,14H2,1-2H3. The molecule has 17 heavy (non-hydrogen) atoms. The number of aromatic nitrogens is 1. The molecule has 1 heterocycles. The van der Waals surface area contributed by atoms with Gasteiger partial charge in [-0.2, -0.15) is 0 Å². The fraction of sp³-hybridized carbons (Fsp3) is 0.250. The maximum Gasteiger partial charge on any atom is 0.0898 e. The van der Waals surface area contributed by atoms with Gasteiger partial charge in [0.1, 0.15) is 0 Å². The zero-order valence-electron chi connectivity index (χ0n) is 9.75. The average Bonchev–Trinajstić information content (AvgIpc) is 2.68. The van der Waals surface area contributed by atoms with E-state index in [1.807, 2.05) is 26.0 Å². The van der Waals surface area contributed by atoms with Crippen LogP contribution in [0.25, 0.3) is 0 Å². The summed E-state index contributed by atoms with van der Waals surface area (Å²) in [7, 11) is 0. The molecule has 5 heteroatoms. The predicted molar refractivity (Wildman–Crippen MR) is 74.8 cm³/mol. The minimum Gasteiger partial charge on any atom is -0.398 e. The lowest BCUT2D eigenvalue weighted by molar-refractivity contribution is 1.05. The third kappa shape index (κ3) is 2.90. The lowest BCUT2D eigenvalue weighted by Crippen LogP contribution is -2.02. The third-order valence-electron chi connectivity index (χ3n) is 2.47. The molecule has 0 fully saturated rings. The highest BCUT2D eigenvalue weighted by Gasteiger charge is 2.04. The van der Waals surface area contributed by atoms with E-state index in [9.17, 15) is 0 Å². The summed E-state index contributed by atoms with van der Waals surface area (Å²) in [6.07, 6.45) is 0. The van der Waals surface area contributed by atoms with Gasteiger partial charge in [-0.3, -0.25) is 0 Å². The van der Waals surface area contributed by atoms with Crippen molar-refractivity contribution in [3.8, 4) is 0 Å².